The predicted octanol–water partition coefficient (Wildman–Crippen LogP) is 3.69. The summed E-state index contributed by atoms with van der Waals surface area (Å²) in [4.78, 5) is 26.5. The van der Waals surface area contributed by atoms with Crippen LogP contribution in [0.3, 0.4) is 0 Å². The van der Waals surface area contributed by atoms with Crippen LogP contribution >= 0.6 is 11.8 Å². The number of hydrogen-bond donors (Lipinski definition) is 2. The zero-order valence-electron chi connectivity index (χ0n) is 21.0. The van der Waals surface area contributed by atoms with Gasteiger partial charge in [0.05, 0.1) is 32.4 Å². The largest absolute Gasteiger partial charge is 0.493 e. The highest BCUT2D eigenvalue weighted by molar-refractivity contribution is 8.13. The number of ether oxygens (including phenoxy) is 3. The fourth-order valence-corrected chi connectivity index (χ4v) is 3.76. The lowest BCUT2D eigenvalue weighted by Gasteiger charge is -2.26. The third kappa shape index (κ3) is 9.00. The number of aliphatic imine (C=N–C) groups is 1. The van der Waals surface area contributed by atoms with E-state index < -0.39 is 5.97 Å². The van der Waals surface area contributed by atoms with E-state index in [1.807, 2.05) is 32.2 Å². The van der Waals surface area contributed by atoms with Gasteiger partial charge in [0, 0.05) is 42.9 Å². The molecule has 2 N–H and O–H groups in total. The van der Waals surface area contributed by atoms with Crippen LogP contribution in [0.2, 0.25) is 0 Å². The molecule has 0 aliphatic carbocycles. The standard InChI is InChI=1S/C22H29N5O5S.C2H6/c1-15(11-20(28)29)25-22(33-3)26-21-16-12-18(30-2)19(13-17(16)23-14-24-21)32-8-4-5-27-6-9-31-10-7-27;1-2/h11-14H,4-10H2,1-3H3,(H,28,29)(H,23,24,25,26);1-2H3/b15-11+;. The smallest absolute Gasteiger partial charge is 0.330 e. The predicted molar refractivity (Wildman–Crippen MR) is 140 cm³/mol. The van der Waals surface area contributed by atoms with Crippen LogP contribution < -0.4 is 14.8 Å². The fraction of sp³-hybridized carbons (Fsp3) is 0.500. The lowest BCUT2D eigenvalue weighted by atomic mass is 10.2. The average molecular weight is 506 g/mol. The first-order valence-corrected chi connectivity index (χ1v) is 12.8. The number of fused-ring (bicyclic) bond motifs is 1. The molecule has 35 heavy (non-hydrogen) atoms. The molecule has 1 aromatic carbocycles. The molecule has 1 aliphatic rings. The van der Waals surface area contributed by atoms with Crippen molar-refractivity contribution in [2.75, 3.05) is 52.8 Å². The molecule has 2 aromatic rings. The van der Waals surface area contributed by atoms with Gasteiger partial charge >= 0.3 is 5.97 Å². The number of hydrogen-bond acceptors (Lipinski definition) is 9. The van der Waals surface area contributed by atoms with Crippen molar-refractivity contribution in [2.24, 2.45) is 4.99 Å². The lowest BCUT2D eigenvalue weighted by Crippen LogP contribution is -2.37. The van der Waals surface area contributed by atoms with Crippen LogP contribution in [0.15, 0.2) is 35.2 Å². The van der Waals surface area contributed by atoms with Crippen LogP contribution in [0, 0.1) is 0 Å². The second-order valence-corrected chi connectivity index (χ2v) is 8.08. The van der Waals surface area contributed by atoms with Gasteiger partial charge in [-0.3, -0.25) is 4.90 Å². The highest BCUT2D eigenvalue weighted by atomic mass is 32.2. The van der Waals surface area contributed by atoms with Crippen molar-refractivity contribution in [3.63, 3.8) is 0 Å². The zero-order valence-corrected chi connectivity index (χ0v) is 21.9. The molecular formula is C24H35N5O5S. The first kappa shape index (κ1) is 28.3. The Bertz CT molecular complexity index is 1020. The number of amidine groups is 1. The molecule has 0 radical (unpaired) electrons. The zero-order chi connectivity index (χ0) is 25.6. The summed E-state index contributed by atoms with van der Waals surface area (Å²) in [6, 6.07) is 3.63. The van der Waals surface area contributed by atoms with E-state index in [9.17, 15) is 4.79 Å². The Morgan fingerprint density at radius 1 is 1.29 bits per heavy atom. The minimum absolute atomic E-state index is 0.442. The first-order chi connectivity index (χ1) is 17.0. The Labute approximate surface area is 210 Å². The quantitative estimate of drug-likeness (QED) is 0.226. The molecule has 1 saturated heterocycles. The molecule has 0 saturated carbocycles. The Hall–Kier alpha value is -2.89. The van der Waals surface area contributed by atoms with Gasteiger partial charge in [-0.2, -0.15) is 0 Å². The number of nitrogens with zero attached hydrogens (tertiary/aromatic N) is 4. The van der Waals surface area contributed by atoms with Crippen molar-refractivity contribution in [2.45, 2.75) is 27.2 Å². The van der Waals surface area contributed by atoms with Crippen molar-refractivity contribution < 1.29 is 24.1 Å². The lowest BCUT2D eigenvalue weighted by molar-refractivity contribution is -0.131. The Balaban J connectivity index is 0.00000210. The van der Waals surface area contributed by atoms with Crippen molar-refractivity contribution in [3.8, 4) is 11.5 Å². The number of carboxylic acid groups (broad SMARTS) is 1. The summed E-state index contributed by atoms with van der Waals surface area (Å²) in [6.07, 6.45) is 5.25. The van der Waals surface area contributed by atoms with Crippen molar-refractivity contribution in [3.05, 3.63) is 30.2 Å². The minimum atomic E-state index is -1.03. The van der Waals surface area contributed by atoms with Gasteiger partial charge in [0.2, 0.25) is 0 Å². The number of nitrogens with one attached hydrogen (secondary N) is 1. The number of rotatable bonds is 9. The van der Waals surface area contributed by atoms with E-state index in [4.69, 9.17) is 19.3 Å². The maximum atomic E-state index is 10.9. The normalized spacial score (nSPS) is 14.8. The molecule has 11 heteroatoms. The monoisotopic (exact) mass is 505 g/mol. The molecule has 0 spiro atoms. The van der Waals surface area contributed by atoms with E-state index in [0.717, 1.165) is 45.3 Å². The van der Waals surface area contributed by atoms with Crippen LogP contribution in [0.5, 0.6) is 11.5 Å². The molecule has 3 rings (SSSR count). The summed E-state index contributed by atoms with van der Waals surface area (Å²) in [5.74, 6) is 0.595. The molecule has 1 fully saturated rings. The summed E-state index contributed by atoms with van der Waals surface area (Å²) in [5.41, 5.74) is 1.13. The van der Waals surface area contributed by atoms with E-state index in [-0.39, 0.29) is 0 Å². The third-order valence-electron chi connectivity index (χ3n) is 4.92. The van der Waals surface area contributed by atoms with Crippen LogP contribution in [0.1, 0.15) is 27.2 Å². The van der Waals surface area contributed by atoms with E-state index >= 15 is 0 Å². The van der Waals surface area contributed by atoms with E-state index in [1.54, 1.807) is 14.0 Å². The third-order valence-corrected chi connectivity index (χ3v) is 5.50. The fourth-order valence-electron chi connectivity index (χ4n) is 3.32. The second-order valence-electron chi connectivity index (χ2n) is 7.29. The van der Waals surface area contributed by atoms with Gasteiger partial charge < -0.3 is 24.6 Å². The highest BCUT2D eigenvalue weighted by Gasteiger charge is 2.13. The topological polar surface area (TPSA) is 118 Å². The number of carboxylic acids is 1. The summed E-state index contributed by atoms with van der Waals surface area (Å²) in [5, 5.41) is 13.1. The van der Waals surface area contributed by atoms with Crippen LogP contribution in [-0.4, -0.2) is 83.9 Å². The molecule has 10 nitrogen and oxygen atoms in total. The summed E-state index contributed by atoms with van der Waals surface area (Å²) in [7, 11) is 1.59. The summed E-state index contributed by atoms with van der Waals surface area (Å²) < 4.78 is 16.9. The molecular weight excluding hydrogens is 470 g/mol. The molecule has 1 aromatic heterocycles. The van der Waals surface area contributed by atoms with Gasteiger partial charge in [0.1, 0.15) is 6.33 Å². The number of aliphatic carboxylic acids is 1. The average Bonchev–Trinajstić information content (AvgIpc) is 2.87. The second kappa shape index (κ2) is 15.2. The van der Waals surface area contributed by atoms with Crippen LogP contribution in [0.25, 0.3) is 10.9 Å². The highest BCUT2D eigenvalue weighted by Crippen LogP contribution is 2.35. The van der Waals surface area contributed by atoms with Gasteiger partial charge in [0.15, 0.2) is 22.5 Å². The van der Waals surface area contributed by atoms with Gasteiger partial charge in [-0.15, -0.1) is 0 Å². The maximum Gasteiger partial charge on any atom is 0.330 e. The summed E-state index contributed by atoms with van der Waals surface area (Å²) >= 11 is 1.34. The molecule has 192 valence electrons. The molecule has 0 bridgehead atoms. The molecule has 0 amide bonds. The van der Waals surface area contributed by atoms with Gasteiger partial charge in [-0.1, -0.05) is 25.6 Å². The van der Waals surface area contributed by atoms with E-state index in [2.05, 4.69) is 25.2 Å². The molecule has 2 heterocycles. The van der Waals surface area contributed by atoms with Gasteiger partial charge in [0.25, 0.3) is 0 Å². The number of carbonyl (C=O) groups is 1. The minimum Gasteiger partial charge on any atom is -0.493 e. The molecule has 0 atom stereocenters. The Morgan fingerprint density at radius 2 is 2.03 bits per heavy atom. The first-order valence-electron chi connectivity index (χ1n) is 11.6. The number of methoxy groups -OCH3 is 1. The molecule has 1 aliphatic heterocycles. The maximum absolute atomic E-state index is 10.9. The van der Waals surface area contributed by atoms with Crippen molar-refractivity contribution >= 4 is 39.6 Å². The number of thioether (sulfide) groups is 1. The molecule has 0 unspecified atom stereocenters. The van der Waals surface area contributed by atoms with Crippen LogP contribution in [-0.2, 0) is 9.53 Å². The number of aromatic nitrogens is 2. The van der Waals surface area contributed by atoms with Gasteiger partial charge in [-0.25, -0.2) is 19.8 Å². The number of benzene rings is 1. The van der Waals surface area contributed by atoms with Crippen molar-refractivity contribution in [1.29, 1.82) is 0 Å². The van der Waals surface area contributed by atoms with E-state index in [0.29, 0.717) is 45.7 Å². The van der Waals surface area contributed by atoms with E-state index in [1.165, 1.54) is 18.1 Å². The number of morpholine rings is 1. The van der Waals surface area contributed by atoms with Gasteiger partial charge in [-0.05, 0) is 25.7 Å². The van der Waals surface area contributed by atoms with Crippen LogP contribution in [0.4, 0.5) is 5.82 Å². The summed E-state index contributed by atoms with van der Waals surface area (Å²) in [6.45, 7) is 10.7. The van der Waals surface area contributed by atoms with Crippen molar-refractivity contribution in [1.82, 2.24) is 20.2 Å². The Kier molecular flexibility index (Phi) is 12.3. The Morgan fingerprint density at radius 3 is 2.69 bits per heavy atom. The number of allylic oxidation sites excluding steroid dienone is 1. The SMILES string of the molecule is CC.COc1cc2c(N=C(N/C(C)=C/C(=O)O)SC)ncnc2cc1OCCCN1CCOCC1.